The maximum Gasteiger partial charge on any atom is 1.00 e. The standard InChI is InChI=1S/C14H17NO4.Na/c16-6-5-9-1-3-12(4-2-9)15-13(17)10-7-11(8-10)14(18)19;/h1-4,10-11,16H,5-8H2,(H,15,17)(H,18,19);/q;+1/p-1. The van der Waals surface area contributed by atoms with E-state index < -0.39 is 11.9 Å². The van der Waals surface area contributed by atoms with Crippen LogP contribution in [0.25, 0.3) is 0 Å². The van der Waals surface area contributed by atoms with Gasteiger partial charge in [-0.15, -0.1) is 0 Å². The normalized spacial score (nSPS) is 20.4. The molecule has 0 spiro atoms. The van der Waals surface area contributed by atoms with E-state index in [1.54, 1.807) is 12.1 Å². The van der Waals surface area contributed by atoms with Crippen LogP contribution in [0.4, 0.5) is 5.69 Å². The van der Waals surface area contributed by atoms with Crippen LogP contribution >= 0.6 is 0 Å². The van der Waals surface area contributed by atoms with Crippen molar-refractivity contribution in [3.8, 4) is 0 Å². The Morgan fingerprint density at radius 1 is 1.20 bits per heavy atom. The van der Waals surface area contributed by atoms with Crippen LogP contribution < -0.4 is 40.0 Å². The van der Waals surface area contributed by atoms with E-state index in [1.807, 2.05) is 12.1 Å². The molecule has 102 valence electrons. The third-order valence-electron chi connectivity index (χ3n) is 3.46. The second-order valence-electron chi connectivity index (χ2n) is 4.84. The first-order valence-corrected chi connectivity index (χ1v) is 6.31. The molecule has 0 heterocycles. The minimum atomic E-state index is -1.07. The van der Waals surface area contributed by atoms with E-state index >= 15 is 0 Å². The first kappa shape index (κ1) is 17.2. The fourth-order valence-electron chi connectivity index (χ4n) is 2.15. The molecule has 1 aliphatic rings. The first-order valence-electron chi connectivity index (χ1n) is 6.31. The summed E-state index contributed by atoms with van der Waals surface area (Å²) in [5.41, 5.74) is 1.68. The molecule has 1 amide bonds. The van der Waals surface area contributed by atoms with E-state index in [2.05, 4.69) is 5.32 Å². The molecular formula is C14H16NNaO4. The van der Waals surface area contributed by atoms with Gasteiger partial charge in [-0.2, -0.15) is 0 Å². The average Bonchev–Trinajstić information content (AvgIpc) is 2.29. The summed E-state index contributed by atoms with van der Waals surface area (Å²) in [6.45, 7) is 0.0956. The zero-order valence-electron chi connectivity index (χ0n) is 11.5. The number of carbonyl (C=O) groups is 2. The summed E-state index contributed by atoms with van der Waals surface area (Å²) in [7, 11) is 0. The van der Waals surface area contributed by atoms with Crippen molar-refractivity contribution in [3.63, 3.8) is 0 Å². The molecule has 1 aromatic rings. The number of rotatable bonds is 5. The third-order valence-corrected chi connectivity index (χ3v) is 3.46. The molecule has 20 heavy (non-hydrogen) atoms. The summed E-state index contributed by atoms with van der Waals surface area (Å²) < 4.78 is 0. The van der Waals surface area contributed by atoms with Gasteiger partial charge in [0, 0.05) is 30.1 Å². The predicted molar refractivity (Wildman–Crippen MR) is 67.1 cm³/mol. The van der Waals surface area contributed by atoms with Crippen molar-refractivity contribution in [1.29, 1.82) is 0 Å². The maximum absolute atomic E-state index is 11.8. The molecule has 2 N–H and O–H groups in total. The Morgan fingerprint density at radius 2 is 1.80 bits per heavy atom. The van der Waals surface area contributed by atoms with Crippen molar-refractivity contribution in [2.24, 2.45) is 11.8 Å². The number of anilines is 1. The number of aliphatic hydroxyl groups excluding tert-OH is 1. The molecule has 0 atom stereocenters. The molecule has 1 aromatic carbocycles. The van der Waals surface area contributed by atoms with E-state index in [-0.39, 0.29) is 48.0 Å². The van der Waals surface area contributed by atoms with Crippen molar-refractivity contribution < 1.29 is 49.4 Å². The van der Waals surface area contributed by atoms with Crippen LogP contribution in [-0.2, 0) is 16.0 Å². The second kappa shape index (κ2) is 7.78. The molecule has 0 aliphatic heterocycles. The number of benzene rings is 1. The van der Waals surface area contributed by atoms with Crippen LogP contribution in [0.1, 0.15) is 18.4 Å². The molecule has 1 saturated carbocycles. The van der Waals surface area contributed by atoms with Gasteiger partial charge in [-0.25, -0.2) is 0 Å². The number of hydrogen-bond acceptors (Lipinski definition) is 4. The van der Waals surface area contributed by atoms with Gasteiger partial charge in [-0.05, 0) is 37.0 Å². The second-order valence-corrected chi connectivity index (χ2v) is 4.84. The number of amides is 1. The largest absolute Gasteiger partial charge is 1.00 e. The van der Waals surface area contributed by atoms with Crippen molar-refractivity contribution in [2.75, 3.05) is 11.9 Å². The Balaban J connectivity index is 0.00000200. The maximum atomic E-state index is 11.8. The first-order chi connectivity index (χ1) is 9.10. The fourth-order valence-corrected chi connectivity index (χ4v) is 2.15. The Kier molecular flexibility index (Phi) is 6.68. The van der Waals surface area contributed by atoms with Gasteiger partial charge < -0.3 is 20.3 Å². The topological polar surface area (TPSA) is 89.5 Å². The minimum Gasteiger partial charge on any atom is -0.550 e. The fraction of sp³-hybridized carbons (Fsp3) is 0.429. The number of aliphatic hydroxyl groups is 1. The van der Waals surface area contributed by atoms with Gasteiger partial charge in [0.2, 0.25) is 5.91 Å². The summed E-state index contributed by atoms with van der Waals surface area (Å²) in [5.74, 6) is -1.94. The van der Waals surface area contributed by atoms with E-state index in [0.29, 0.717) is 24.9 Å². The van der Waals surface area contributed by atoms with Gasteiger partial charge in [0.25, 0.3) is 0 Å². The number of hydrogen-bond donors (Lipinski definition) is 2. The molecule has 5 nitrogen and oxygen atoms in total. The molecule has 0 unspecified atom stereocenters. The van der Waals surface area contributed by atoms with Crippen molar-refractivity contribution in [2.45, 2.75) is 19.3 Å². The van der Waals surface area contributed by atoms with Crippen LogP contribution in [0.5, 0.6) is 0 Å². The number of carboxylic acids is 1. The molecule has 1 aliphatic carbocycles. The molecule has 0 aromatic heterocycles. The third kappa shape index (κ3) is 4.31. The predicted octanol–water partition coefficient (Wildman–Crippen LogP) is -3.06. The SMILES string of the molecule is O=C([O-])C1CC(C(=O)Nc2ccc(CCO)cc2)C1.[Na+]. The number of carboxylic acid groups (broad SMARTS) is 1. The zero-order chi connectivity index (χ0) is 13.8. The Bertz CT molecular complexity index is 469. The van der Waals surface area contributed by atoms with Crippen LogP contribution in [0.2, 0.25) is 0 Å². The van der Waals surface area contributed by atoms with Gasteiger partial charge in [0.05, 0.1) is 0 Å². The van der Waals surface area contributed by atoms with E-state index in [9.17, 15) is 14.7 Å². The van der Waals surface area contributed by atoms with E-state index in [0.717, 1.165) is 5.56 Å². The Hall–Kier alpha value is -0.880. The van der Waals surface area contributed by atoms with Crippen molar-refractivity contribution >= 4 is 17.6 Å². The van der Waals surface area contributed by atoms with Gasteiger partial charge in [-0.1, -0.05) is 12.1 Å². The molecule has 1 fully saturated rings. The monoisotopic (exact) mass is 285 g/mol. The molecule has 2 rings (SSSR count). The van der Waals surface area contributed by atoms with E-state index in [4.69, 9.17) is 5.11 Å². The van der Waals surface area contributed by atoms with Crippen LogP contribution in [0, 0.1) is 11.8 Å². The molecule has 0 saturated heterocycles. The quantitative estimate of drug-likeness (QED) is 0.562. The summed E-state index contributed by atoms with van der Waals surface area (Å²) >= 11 is 0. The van der Waals surface area contributed by atoms with Gasteiger partial charge in [0.1, 0.15) is 0 Å². The summed E-state index contributed by atoms with van der Waals surface area (Å²) in [6, 6.07) is 7.24. The van der Waals surface area contributed by atoms with Gasteiger partial charge >= 0.3 is 29.6 Å². The zero-order valence-corrected chi connectivity index (χ0v) is 13.5. The summed E-state index contributed by atoms with van der Waals surface area (Å²) in [4.78, 5) is 22.4. The number of aliphatic carboxylic acids is 1. The molecular weight excluding hydrogens is 269 g/mol. The number of nitrogens with one attached hydrogen (secondary N) is 1. The van der Waals surface area contributed by atoms with Crippen molar-refractivity contribution in [3.05, 3.63) is 29.8 Å². The Morgan fingerprint density at radius 3 is 2.30 bits per heavy atom. The average molecular weight is 285 g/mol. The minimum absolute atomic E-state index is 0. The Labute approximate surface area is 139 Å². The van der Waals surface area contributed by atoms with Gasteiger partial charge in [-0.3, -0.25) is 4.79 Å². The van der Waals surface area contributed by atoms with Crippen LogP contribution in [0.15, 0.2) is 24.3 Å². The van der Waals surface area contributed by atoms with Crippen molar-refractivity contribution in [1.82, 2.24) is 0 Å². The van der Waals surface area contributed by atoms with Crippen LogP contribution in [0.3, 0.4) is 0 Å². The molecule has 0 bridgehead atoms. The summed E-state index contributed by atoms with van der Waals surface area (Å²) in [6.07, 6.45) is 1.30. The molecule has 0 radical (unpaired) electrons. The smallest absolute Gasteiger partial charge is 0.550 e. The summed E-state index contributed by atoms with van der Waals surface area (Å²) in [5, 5.41) is 22.1. The van der Waals surface area contributed by atoms with E-state index in [1.165, 1.54) is 0 Å². The van der Waals surface area contributed by atoms with Crippen LogP contribution in [-0.4, -0.2) is 23.6 Å². The molecule has 6 heteroatoms. The number of carbonyl (C=O) groups excluding carboxylic acids is 2. The van der Waals surface area contributed by atoms with Gasteiger partial charge in [0.15, 0.2) is 0 Å².